The molecule has 0 atom stereocenters. The van der Waals surface area contributed by atoms with Crippen molar-refractivity contribution >= 4 is 23.1 Å². The Bertz CT molecular complexity index is 845. The van der Waals surface area contributed by atoms with Gasteiger partial charge in [0.2, 0.25) is 0 Å². The van der Waals surface area contributed by atoms with Crippen LogP contribution in [0.15, 0.2) is 42.5 Å². The molecule has 0 radical (unpaired) electrons. The Kier molecular flexibility index (Phi) is 3.35. The zero-order chi connectivity index (χ0) is 15.0. The summed E-state index contributed by atoms with van der Waals surface area (Å²) in [4.78, 5) is 16.1. The molecule has 2 heterocycles. The molecule has 6 heteroatoms. The van der Waals surface area contributed by atoms with Crippen LogP contribution in [0.2, 0.25) is 5.15 Å². The molecule has 0 aliphatic heterocycles. The Morgan fingerprint density at radius 2 is 2.00 bits per heavy atom. The minimum Gasteiger partial charge on any atom is -0.464 e. The maximum atomic E-state index is 14.0. The van der Waals surface area contributed by atoms with Gasteiger partial charge in [0.1, 0.15) is 17.3 Å². The quantitative estimate of drug-likeness (QED) is 0.680. The molecule has 3 rings (SSSR count). The average Bonchev–Trinajstić information content (AvgIpc) is 2.84. The van der Waals surface area contributed by atoms with Crippen LogP contribution in [0.5, 0.6) is 0 Å². The van der Waals surface area contributed by atoms with Crippen LogP contribution in [0.3, 0.4) is 0 Å². The molecular weight excluding hydrogens is 295 g/mol. The van der Waals surface area contributed by atoms with Gasteiger partial charge in [-0.1, -0.05) is 29.8 Å². The summed E-state index contributed by atoms with van der Waals surface area (Å²) in [6.45, 7) is 0. The maximum absolute atomic E-state index is 14.0. The van der Waals surface area contributed by atoms with Gasteiger partial charge in [0.15, 0.2) is 5.15 Å². The van der Waals surface area contributed by atoms with Gasteiger partial charge in [-0.15, -0.1) is 0 Å². The van der Waals surface area contributed by atoms with E-state index in [-0.39, 0.29) is 22.2 Å². The number of imidazole rings is 1. The average molecular weight is 305 g/mol. The van der Waals surface area contributed by atoms with Crippen LogP contribution in [0, 0.1) is 5.82 Å². The number of carbonyl (C=O) groups excluding carboxylic acids is 1. The number of carbonyl (C=O) groups is 1. The molecule has 21 heavy (non-hydrogen) atoms. The van der Waals surface area contributed by atoms with Crippen molar-refractivity contribution in [2.45, 2.75) is 0 Å². The Labute approximate surface area is 124 Å². The standard InChI is InChI=1S/C15H10ClFN2O2/c1-21-15(20)12-8-4-7-11-13(16)18-14(19(11)12)9-5-2-3-6-10(9)17/h2-8H,1H3. The van der Waals surface area contributed by atoms with Gasteiger partial charge in [0.25, 0.3) is 0 Å². The summed E-state index contributed by atoms with van der Waals surface area (Å²) in [6, 6.07) is 11.1. The highest BCUT2D eigenvalue weighted by Crippen LogP contribution is 2.29. The van der Waals surface area contributed by atoms with Crippen LogP contribution in [0.1, 0.15) is 10.5 Å². The van der Waals surface area contributed by atoms with E-state index in [2.05, 4.69) is 4.98 Å². The molecule has 0 unspecified atom stereocenters. The Hall–Kier alpha value is -2.40. The van der Waals surface area contributed by atoms with Crippen molar-refractivity contribution in [2.24, 2.45) is 0 Å². The van der Waals surface area contributed by atoms with E-state index in [1.807, 2.05) is 0 Å². The second-order valence-corrected chi connectivity index (χ2v) is 4.69. The van der Waals surface area contributed by atoms with Crippen molar-refractivity contribution in [3.8, 4) is 11.4 Å². The number of nitrogens with zero attached hydrogens (tertiary/aromatic N) is 2. The summed E-state index contributed by atoms with van der Waals surface area (Å²) in [5.41, 5.74) is 1.00. The van der Waals surface area contributed by atoms with Crippen molar-refractivity contribution < 1.29 is 13.9 Å². The first-order valence-electron chi connectivity index (χ1n) is 6.13. The first kappa shape index (κ1) is 13.6. The number of methoxy groups -OCH3 is 1. The second-order valence-electron chi connectivity index (χ2n) is 4.33. The van der Waals surface area contributed by atoms with Crippen molar-refractivity contribution in [3.05, 3.63) is 59.1 Å². The number of benzene rings is 1. The predicted molar refractivity (Wildman–Crippen MR) is 76.9 cm³/mol. The number of hydrogen-bond donors (Lipinski definition) is 0. The molecule has 1 aromatic carbocycles. The van der Waals surface area contributed by atoms with E-state index in [1.165, 1.54) is 17.6 Å². The molecule has 3 aromatic rings. The van der Waals surface area contributed by atoms with Crippen LogP contribution in [0.25, 0.3) is 16.9 Å². The first-order valence-corrected chi connectivity index (χ1v) is 6.51. The summed E-state index contributed by atoms with van der Waals surface area (Å²) in [6.07, 6.45) is 0. The maximum Gasteiger partial charge on any atom is 0.355 e. The highest BCUT2D eigenvalue weighted by atomic mass is 35.5. The van der Waals surface area contributed by atoms with Gasteiger partial charge in [0.05, 0.1) is 18.2 Å². The van der Waals surface area contributed by atoms with E-state index in [4.69, 9.17) is 16.3 Å². The van der Waals surface area contributed by atoms with Gasteiger partial charge in [0, 0.05) is 0 Å². The summed E-state index contributed by atoms with van der Waals surface area (Å²) < 4.78 is 20.3. The molecule has 0 N–H and O–H groups in total. The second kappa shape index (κ2) is 5.18. The molecule has 0 spiro atoms. The van der Waals surface area contributed by atoms with Crippen LogP contribution in [-0.4, -0.2) is 22.5 Å². The SMILES string of the molecule is COC(=O)c1cccc2c(Cl)nc(-c3ccccc3F)n12. The summed E-state index contributed by atoms with van der Waals surface area (Å²) in [5, 5.41) is 0.194. The number of esters is 1. The van der Waals surface area contributed by atoms with Crippen LogP contribution >= 0.6 is 11.6 Å². The highest BCUT2D eigenvalue weighted by Gasteiger charge is 2.19. The third kappa shape index (κ3) is 2.15. The van der Waals surface area contributed by atoms with Crippen LogP contribution in [0.4, 0.5) is 4.39 Å². The van der Waals surface area contributed by atoms with Gasteiger partial charge < -0.3 is 4.74 Å². The van der Waals surface area contributed by atoms with Crippen molar-refractivity contribution in [1.29, 1.82) is 0 Å². The monoisotopic (exact) mass is 304 g/mol. The number of aromatic nitrogens is 2. The normalized spacial score (nSPS) is 10.8. The Morgan fingerprint density at radius 1 is 1.24 bits per heavy atom. The number of hydrogen-bond acceptors (Lipinski definition) is 3. The lowest BCUT2D eigenvalue weighted by molar-refractivity contribution is 0.0592. The van der Waals surface area contributed by atoms with Crippen LogP contribution < -0.4 is 0 Å². The zero-order valence-electron chi connectivity index (χ0n) is 11.0. The molecule has 0 saturated heterocycles. The van der Waals surface area contributed by atoms with Gasteiger partial charge in [-0.25, -0.2) is 14.2 Å². The van der Waals surface area contributed by atoms with E-state index in [0.717, 1.165) is 0 Å². The molecule has 0 amide bonds. The number of ether oxygens (including phenoxy) is 1. The van der Waals surface area contributed by atoms with E-state index in [1.54, 1.807) is 36.4 Å². The lowest BCUT2D eigenvalue weighted by Gasteiger charge is -2.07. The summed E-state index contributed by atoms with van der Waals surface area (Å²) in [7, 11) is 1.28. The number of halogens is 2. The molecular formula is C15H10ClFN2O2. The molecule has 0 aliphatic carbocycles. The van der Waals surface area contributed by atoms with Crippen molar-refractivity contribution in [3.63, 3.8) is 0 Å². The van der Waals surface area contributed by atoms with Gasteiger partial charge in [-0.2, -0.15) is 0 Å². The Morgan fingerprint density at radius 3 is 2.71 bits per heavy atom. The minimum absolute atomic E-state index is 0.194. The van der Waals surface area contributed by atoms with Gasteiger partial charge in [-0.3, -0.25) is 4.40 Å². The molecule has 0 fully saturated rings. The lowest BCUT2D eigenvalue weighted by Crippen LogP contribution is -2.09. The summed E-state index contributed by atoms with van der Waals surface area (Å²) >= 11 is 6.09. The van der Waals surface area contributed by atoms with E-state index < -0.39 is 11.8 Å². The van der Waals surface area contributed by atoms with Gasteiger partial charge in [-0.05, 0) is 24.3 Å². The van der Waals surface area contributed by atoms with Crippen molar-refractivity contribution in [1.82, 2.24) is 9.38 Å². The number of pyridine rings is 1. The molecule has 4 nitrogen and oxygen atoms in total. The molecule has 106 valence electrons. The fourth-order valence-corrected chi connectivity index (χ4v) is 2.41. The topological polar surface area (TPSA) is 43.6 Å². The molecule has 0 aliphatic rings. The first-order chi connectivity index (χ1) is 10.1. The number of rotatable bonds is 2. The predicted octanol–water partition coefficient (Wildman–Crippen LogP) is 3.58. The van der Waals surface area contributed by atoms with E-state index in [9.17, 15) is 9.18 Å². The fourth-order valence-electron chi connectivity index (χ4n) is 2.19. The lowest BCUT2D eigenvalue weighted by atomic mass is 10.2. The van der Waals surface area contributed by atoms with Crippen LogP contribution in [-0.2, 0) is 4.74 Å². The van der Waals surface area contributed by atoms with Crippen molar-refractivity contribution in [2.75, 3.05) is 7.11 Å². The van der Waals surface area contributed by atoms with Gasteiger partial charge >= 0.3 is 5.97 Å². The highest BCUT2D eigenvalue weighted by molar-refractivity contribution is 6.33. The smallest absolute Gasteiger partial charge is 0.355 e. The molecule has 0 bridgehead atoms. The fraction of sp³-hybridized carbons (Fsp3) is 0.0667. The Balaban J connectivity index is 2.39. The van der Waals surface area contributed by atoms with E-state index in [0.29, 0.717) is 5.52 Å². The minimum atomic E-state index is -0.549. The largest absolute Gasteiger partial charge is 0.464 e. The van der Waals surface area contributed by atoms with E-state index >= 15 is 0 Å². The summed E-state index contributed by atoms with van der Waals surface area (Å²) in [5.74, 6) is -0.734. The third-order valence-corrected chi connectivity index (χ3v) is 3.40. The number of fused-ring (bicyclic) bond motifs is 1. The molecule has 0 saturated carbocycles. The molecule has 2 aromatic heterocycles. The third-order valence-electron chi connectivity index (χ3n) is 3.13. The zero-order valence-corrected chi connectivity index (χ0v) is 11.8.